The molecule has 3 heterocycles. The number of anilines is 2. The molecule has 0 atom stereocenters. The van der Waals surface area contributed by atoms with Crippen LogP contribution in [0.3, 0.4) is 0 Å². The van der Waals surface area contributed by atoms with Crippen LogP contribution in [0.2, 0.25) is 10.0 Å². The summed E-state index contributed by atoms with van der Waals surface area (Å²) >= 11 is 21.2. The van der Waals surface area contributed by atoms with E-state index in [1.165, 1.54) is 0 Å². The number of halogens is 3. The molecule has 4 aromatic rings. The number of nitrogens with one attached hydrogen (secondary N) is 2. The van der Waals surface area contributed by atoms with Crippen molar-refractivity contribution in [2.45, 2.75) is 33.5 Å². The zero-order valence-corrected chi connectivity index (χ0v) is 21.8. The number of aromatic nitrogens is 6. The molecule has 0 unspecified atom stereocenters. The van der Waals surface area contributed by atoms with Gasteiger partial charge in [-0.3, -0.25) is 14.0 Å². The molecule has 0 spiro atoms. The van der Waals surface area contributed by atoms with E-state index in [-0.39, 0.29) is 0 Å². The Hall–Kier alpha value is -2.40. The van der Waals surface area contributed by atoms with Gasteiger partial charge in [-0.2, -0.15) is 15.3 Å². The van der Waals surface area contributed by atoms with Gasteiger partial charge in [-0.15, -0.1) is 0 Å². The molecule has 4 rings (SSSR count). The molecule has 0 fully saturated rings. The molecule has 1 aromatic carbocycles. The SMILES string of the molecule is CCn1ncc(Cn2cc(NC(=S)Nc3nn(Cc4ccc(Cl)cc4Cl)cc3Br)cn2)c1C. The molecular formula is C21H21BrCl2N8S. The zero-order chi connectivity index (χ0) is 23.5. The van der Waals surface area contributed by atoms with Gasteiger partial charge in [-0.1, -0.05) is 29.3 Å². The third-order valence-electron chi connectivity index (χ3n) is 5.02. The Morgan fingerprint density at radius 3 is 2.58 bits per heavy atom. The van der Waals surface area contributed by atoms with E-state index in [1.807, 2.05) is 34.0 Å². The van der Waals surface area contributed by atoms with Crippen molar-refractivity contribution >= 4 is 68.0 Å². The normalized spacial score (nSPS) is 11.1. The van der Waals surface area contributed by atoms with Gasteiger partial charge >= 0.3 is 0 Å². The minimum atomic E-state index is 0.403. The maximum atomic E-state index is 6.27. The van der Waals surface area contributed by atoms with Crippen molar-refractivity contribution in [2.75, 3.05) is 10.6 Å². The number of hydrogen-bond acceptors (Lipinski definition) is 4. The summed E-state index contributed by atoms with van der Waals surface area (Å²) in [5, 5.41) is 21.2. The summed E-state index contributed by atoms with van der Waals surface area (Å²) in [6.45, 7) is 6.11. The van der Waals surface area contributed by atoms with Gasteiger partial charge in [0.2, 0.25) is 0 Å². The monoisotopic (exact) mass is 566 g/mol. The fraction of sp³-hybridized carbons (Fsp3) is 0.238. The van der Waals surface area contributed by atoms with Crippen molar-refractivity contribution in [2.24, 2.45) is 0 Å². The van der Waals surface area contributed by atoms with Crippen molar-refractivity contribution < 1.29 is 0 Å². The third kappa shape index (κ3) is 5.75. The third-order valence-corrected chi connectivity index (χ3v) is 6.40. The van der Waals surface area contributed by atoms with Gasteiger partial charge in [-0.05, 0) is 59.7 Å². The summed E-state index contributed by atoms with van der Waals surface area (Å²) < 4.78 is 6.35. The molecule has 0 saturated carbocycles. The summed E-state index contributed by atoms with van der Waals surface area (Å²) in [6, 6.07) is 5.40. The van der Waals surface area contributed by atoms with Crippen LogP contribution in [-0.2, 0) is 19.6 Å². The molecule has 0 aliphatic carbocycles. The maximum Gasteiger partial charge on any atom is 0.176 e. The lowest BCUT2D eigenvalue weighted by atomic mass is 10.2. The predicted molar refractivity (Wildman–Crippen MR) is 139 cm³/mol. The van der Waals surface area contributed by atoms with Crippen LogP contribution in [0.1, 0.15) is 23.7 Å². The first-order valence-electron chi connectivity index (χ1n) is 10.1. The lowest BCUT2D eigenvalue weighted by Gasteiger charge is -2.07. The number of hydrogen-bond donors (Lipinski definition) is 2. The summed E-state index contributed by atoms with van der Waals surface area (Å²) in [7, 11) is 0. The van der Waals surface area contributed by atoms with Gasteiger partial charge in [0.1, 0.15) is 0 Å². The standard InChI is InChI=1S/C21H21BrCl2N8S/c1-3-32-13(2)15(7-26-32)10-30-11-17(8-25-30)27-21(33)28-20-18(22)12-31(29-20)9-14-4-5-16(23)6-19(14)24/h4-8,11-12H,3,9-10H2,1-2H3,(H2,27,28,29,33). The smallest absolute Gasteiger partial charge is 0.176 e. The molecule has 8 nitrogen and oxygen atoms in total. The van der Waals surface area contributed by atoms with Crippen LogP contribution in [0.15, 0.2) is 47.5 Å². The largest absolute Gasteiger partial charge is 0.330 e. The maximum absolute atomic E-state index is 6.27. The van der Waals surface area contributed by atoms with Crippen LogP contribution in [0.5, 0.6) is 0 Å². The summed E-state index contributed by atoms with van der Waals surface area (Å²) in [4.78, 5) is 0. The Morgan fingerprint density at radius 1 is 1.06 bits per heavy atom. The van der Waals surface area contributed by atoms with Crippen molar-refractivity contribution in [1.29, 1.82) is 0 Å². The van der Waals surface area contributed by atoms with Gasteiger partial charge in [0.25, 0.3) is 0 Å². The van der Waals surface area contributed by atoms with E-state index < -0.39 is 0 Å². The topological polar surface area (TPSA) is 77.5 Å². The first kappa shape index (κ1) is 23.7. The number of benzene rings is 1. The fourth-order valence-electron chi connectivity index (χ4n) is 3.31. The quantitative estimate of drug-likeness (QED) is 0.284. The summed E-state index contributed by atoms with van der Waals surface area (Å²) in [6.07, 6.45) is 7.36. The van der Waals surface area contributed by atoms with Gasteiger partial charge < -0.3 is 10.6 Å². The zero-order valence-electron chi connectivity index (χ0n) is 17.9. The molecule has 0 radical (unpaired) electrons. The van der Waals surface area contributed by atoms with Crippen LogP contribution in [0.25, 0.3) is 0 Å². The van der Waals surface area contributed by atoms with E-state index in [1.54, 1.807) is 23.0 Å². The molecule has 33 heavy (non-hydrogen) atoms. The molecule has 0 saturated heterocycles. The molecule has 172 valence electrons. The molecule has 12 heteroatoms. The molecule has 0 amide bonds. The van der Waals surface area contributed by atoms with Crippen LogP contribution >= 0.6 is 51.3 Å². The Bertz CT molecular complexity index is 1300. The summed E-state index contributed by atoms with van der Waals surface area (Å²) in [5.74, 6) is 0.590. The second-order valence-electron chi connectivity index (χ2n) is 7.34. The summed E-state index contributed by atoms with van der Waals surface area (Å²) in [5.41, 5.74) is 3.95. The number of rotatable bonds is 7. The average molecular weight is 568 g/mol. The number of nitrogens with zero attached hydrogens (tertiary/aromatic N) is 6. The van der Waals surface area contributed by atoms with Crippen LogP contribution < -0.4 is 10.6 Å². The number of thiocarbonyl (C=S) groups is 1. The first-order chi connectivity index (χ1) is 15.8. The Morgan fingerprint density at radius 2 is 1.85 bits per heavy atom. The van der Waals surface area contributed by atoms with E-state index in [0.717, 1.165) is 33.5 Å². The molecule has 0 bridgehead atoms. The van der Waals surface area contributed by atoms with Gasteiger partial charge in [0, 0.05) is 40.2 Å². The molecule has 3 aromatic heterocycles. The van der Waals surface area contributed by atoms with E-state index >= 15 is 0 Å². The van der Waals surface area contributed by atoms with Gasteiger partial charge in [0.15, 0.2) is 10.9 Å². The van der Waals surface area contributed by atoms with E-state index in [2.05, 4.69) is 55.7 Å². The molecule has 2 N–H and O–H groups in total. The van der Waals surface area contributed by atoms with E-state index in [0.29, 0.717) is 34.1 Å². The fourth-order valence-corrected chi connectivity index (χ4v) is 4.40. The van der Waals surface area contributed by atoms with Crippen LogP contribution in [0, 0.1) is 6.92 Å². The van der Waals surface area contributed by atoms with Crippen LogP contribution in [0.4, 0.5) is 11.5 Å². The van der Waals surface area contributed by atoms with Gasteiger partial charge in [0.05, 0.1) is 35.6 Å². The minimum Gasteiger partial charge on any atom is -0.330 e. The Labute approximate surface area is 215 Å². The highest BCUT2D eigenvalue weighted by molar-refractivity contribution is 9.10. The minimum absolute atomic E-state index is 0.403. The first-order valence-corrected chi connectivity index (χ1v) is 12.1. The Balaban J connectivity index is 1.37. The van der Waals surface area contributed by atoms with E-state index in [4.69, 9.17) is 35.4 Å². The second-order valence-corrected chi connectivity index (χ2v) is 9.44. The van der Waals surface area contributed by atoms with Crippen molar-refractivity contribution in [1.82, 2.24) is 29.3 Å². The van der Waals surface area contributed by atoms with Gasteiger partial charge in [-0.25, -0.2) is 0 Å². The molecular weight excluding hydrogens is 547 g/mol. The van der Waals surface area contributed by atoms with E-state index in [9.17, 15) is 0 Å². The predicted octanol–water partition coefficient (Wildman–Crippen LogP) is 5.58. The molecule has 0 aliphatic rings. The van der Waals surface area contributed by atoms with Crippen LogP contribution in [-0.4, -0.2) is 34.5 Å². The number of aryl methyl sites for hydroxylation is 1. The second kappa shape index (κ2) is 10.3. The average Bonchev–Trinajstić information content (AvgIpc) is 3.45. The van der Waals surface area contributed by atoms with Crippen molar-refractivity contribution in [3.05, 3.63) is 74.3 Å². The highest BCUT2D eigenvalue weighted by Gasteiger charge is 2.12. The molecule has 0 aliphatic heterocycles. The highest BCUT2D eigenvalue weighted by atomic mass is 79.9. The Kier molecular flexibility index (Phi) is 7.38. The lowest BCUT2D eigenvalue weighted by molar-refractivity contribution is 0.633. The lowest BCUT2D eigenvalue weighted by Crippen LogP contribution is -2.19. The highest BCUT2D eigenvalue weighted by Crippen LogP contribution is 2.25. The van der Waals surface area contributed by atoms with Crippen molar-refractivity contribution in [3.63, 3.8) is 0 Å². The van der Waals surface area contributed by atoms with Crippen molar-refractivity contribution in [3.8, 4) is 0 Å².